The molecule has 0 atom stereocenters. The molecule has 1 saturated heterocycles. The standard InChI is InChI=1S/C14H20N6O/c1-10-8-12(20-14(17-10)15-9-16-20)19-6-4-11(5-7-19)13(21)18(2)3/h8-9,11H,4-7H2,1-3H3. The molecule has 0 unspecified atom stereocenters. The summed E-state index contributed by atoms with van der Waals surface area (Å²) in [6, 6.07) is 2.02. The Balaban J connectivity index is 1.80. The van der Waals surface area contributed by atoms with Gasteiger partial charge in [0.15, 0.2) is 0 Å². The van der Waals surface area contributed by atoms with Crippen LogP contribution >= 0.6 is 0 Å². The number of nitrogens with zero attached hydrogens (tertiary/aromatic N) is 6. The SMILES string of the molecule is Cc1cc(N2CCC(C(=O)N(C)C)CC2)n2ncnc2n1. The summed E-state index contributed by atoms with van der Waals surface area (Å²) >= 11 is 0. The van der Waals surface area contributed by atoms with Crippen LogP contribution in [0.4, 0.5) is 5.82 Å². The number of hydrogen-bond acceptors (Lipinski definition) is 5. The van der Waals surface area contributed by atoms with Gasteiger partial charge in [0.05, 0.1) is 0 Å². The van der Waals surface area contributed by atoms with Crippen molar-refractivity contribution in [3.63, 3.8) is 0 Å². The van der Waals surface area contributed by atoms with Gasteiger partial charge in [-0.15, -0.1) is 0 Å². The molecule has 0 aliphatic carbocycles. The topological polar surface area (TPSA) is 66.6 Å². The summed E-state index contributed by atoms with van der Waals surface area (Å²) in [6.45, 7) is 3.66. The predicted octanol–water partition coefficient (Wildman–Crippen LogP) is 0.737. The summed E-state index contributed by atoms with van der Waals surface area (Å²) < 4.78 is 1.76. The van der Waals surface area contributed by atoms with Gasteiger partial charge in [0.2, 0.25) is 5.91 Å². The first-order valence-corrected chi connectivity index (χ1v) is 7.20. The van der Waals surface area contributed by atoms with Gasteiger partial charge in [0, 0.05) is 44.9 Å². The van der Waals surface area contributed by atoms with Crippen molar-refractivity contribution < 1.29 is 4.79 Å². The molecular formula is C14H20N6O. The molecule has 0 spiro atoms. The average Bonchev–Trinajstić information content (AvgIpc) is 2.93. The smallest absolute Gasteiger partial charge is 0.254 e. The number of amides is 1. The van der Waals surface area contributed by atoms with Gasteiger partial charge in [-0.1, -0.05) is 0 Å². The fourth-order valence-corrected chi connectivity index (χ4v) is 2.86. The summed E-state index contributed by atoms with van der Waals surface area (Å²) in [5, 5.41) is 4.24. The summed E-state index contributed by atoms with van der Waals surface area (Å²) in [6.07, 6.45) is 3.26. The van der Waals surface area contributed by atoms with Crippen LogP contribution < -0.4 is 4.90 Å². The van der Waals surface area contributed by atoms with E-state index in [1.54, 1.807) is 9.42 Å². The van der Waals surface area contributed by atoms with Crippen LogP contribution in [0.3, 0.4) is 0 Å². The zero-order valence-electron chi connectivity index (χ0n) is 12.7. The van der Waals surface area contributed by atoms with E-state index >= 15 is 0 Å². The van der Waals surface area contributed by atoms with Crippen LogP contribution in [0.5, 0.6) is 0 Å². The Morgan fingerprint density at radius 2 is 2.05 bits per heavy atom. The molecule has 1 aliphatic rings. The predicted molar refractivity (Wildman–Crippen MR) is 79.2 cm³/mol. The van der Waals surface area contributed by atoms with E-state index in [4.69, 9.17) is 0 Å². The zero-order valence-corrected chi connectivity index (χ0v) is 12.7. The minimum atomic E-state index is 0.130. The molecule has 0 aromatic carbocycles. The van der Waals surface area contributed by atoms with Crippen molar-refractivity contribution in [2.45, 2.75) is 19.8 Å². The Labute approximate surface area is 123 Å². The molecule has 3 heterocycles. The highest BCUT2D eigenvalue weighted by Crippen LogP contribution is 2.24. The molecule has 0 bridgehead atoms. The number of hydrogen-bond donors (Lipinski definition) is 0. The summed E-state index contributed by atoms with van der Waals surface area (Å²) in [5.74, 6) is 1.99. The van der Waals surface area contributed by atoms with Crippen molar-refractivity contribution in [3.8, 4) is 0 Å². The van der Waals surface area contributed by atoms with Crippen molar-refractivity contribution in [1.29, 1.82) is 0 Å². The number of aromatic nitrogens is 4. The Morgan fingerprint density at radius 1 is 1.33 bits per heavy atom. The summed E-state index contributed by atoms with van der Waals surface area (Å²) in [7, 11) is 3.64. The van der Waals surface area contributed by atoms with Crippen molar-refractivity contribution in [2.24, 2.45) is 5.92 Å². The highest BCUT2D eigenvalue weighted by atomic mass is 16.2. The molecule has 7 heteroatoms. The molecule has 2 aromatic rings. The van der Waals surface area contributed by atoms with Crippen molar-refractivity contribution >= 4 is 17.5 Å². The molecule has 1 fully saturated rings. The largest absolute Gasteiger partial charge is 0.356 e. The summed E-state index contributed by atoms with van der Waals surface area (Å²) in [4.78, 5) is 24.5. The lowest BCUT2D eigenvalue weighted by Gasteiger charge is -2.33. The van der Waals surface area contributed by atoms with Crippen LogP contribution in [0.25, 0.3) is 5.78 Å². The van der Waals surface area contributed by atoms with Crippen LogP contribution in [0.15, 0.2) is 12.4 Å². The Bertz CT molecular complexity index is 657. The van der Waals surface area contributed by atoms with E-state index in [-0.39, 0.29) is 11.8 Å². The van der Waals surface area contributed by atoms with E-state index in [0.29, 0.717) is 5.78 Å². The third-order valence-corrected chi connectivity index (χ3v) is 3.97. The van der Waals surface area contributed by atoms with Crippen molar-refractivity contribution in [3.05, 3.63) is 18.1 Å². The molecule has 3 rings (SSSR count). The molecule has 1 aliphatic heterocycles. The third-order valence-electron chi connectivity index (χ3n) is 3.97. The lowest BCUT2D eigenvalue weighted by molar-refractivity contribution is -0.133. The van der Waals surface area contributed by atoms with Gasteiger partial charge in [-0.3, -0.25) is 4.79 Å². The van der Waals surface area contributed by atoms with Gasteiger partial charge >= 0.3 is 0 Å². The molecule has 0 saturated carbocycles. The zero-order chi connectivity index (χ0) is 15.0. The quantitative estimate of drug-likeness (QED) is 0.815. The number of rotatable bonds is 2. The number of piperidine rings is 1. The minimum absolute atomic E-state index is 0.130. The molecule has 1 amide bonds. The molecule has 21 heavy (non-hydrogen) atoms. The molecule has 2 aromatic heterocycles. The van der Waals surface area contributed by atoms with E-state index in [2.05, 4.69) is 20.0 Å². The number of carbonyl (C=O) groups excluding carboxylic acids is 1. The first kappa shape index (κ1) is 13.8. The average molecular weight is 288 g/mol. The number of aryl methyl sites for hydroxylation is 1. The second-order valence-corrected chi connectivity index (χ2v) is 5.72. The molecule has 0 radical (unpaired) electrons. The van der Waals surface area contributed by atoms with E-state index in [1.165, 1.54) is 6.33 Å². The Kier molecular flexibility index (Phi) is 3.48. The van der Waals surface area contributed by atoms with Gasteiger partial charge in [0.25, 0.3) is 5.78 Å². The maximum absolute atomic E-state index is 12.0. The first-order chi connectivity index (χ1) is 10.1. The maximum Gasteiger partial charge on any atom is 0.254 e. The third kappa shape index (κ3) is 2.55. The number of anilines is 1. The monoisotopic (exact) mass is 288 g/mol. The highest BCUT2D eigenvalue weighted by molar-refractivity contribution is 5.78. The van der Waals surface area contributed by atoms with Crippen LogP contribution in [0.2, 0.25) is 0 Å². The van der Waals surface area contributed by atoms with Gasteiger partial charge in [-0.05, 0) is 19.8 Å². The van der Waals surface area contributed by atoms with Crippen LogP contribution in [-0.4, -0.2) is 57.6 Å². The van der Waals surface area contributed by atoms with E-state index in [9.17, 15) is 4.79 Å². The molecular weight excluding hydrogens is 268 g/mol. The van der Waals surface area contributed by atoms with Crippen LogP contribution in [-0.2, 0) is 4.79 Å². The maximum atomic E-state index is 12.0. The van der Waals surface area contributed by atoms with E-state index in [1.807, 2.05) is 27.1 Å². The Hall–Kier alpha value is -2.18. The summed E-state index contributed by atoms with van der Waals surface area (Å²) in [5.41, 5.74) is 0.928. The van der Waals surface area contributed by atoms with Gasteiger partial charge in [-0.2, -0.15) is 14.6 Å². The van der Waals surface area contributed by atoms with Gasteiger partial charge in [0.1, 0.15) is 12.1 Å². The van der Waals surface area contributed by atoms with Gasteiger partial charge < -0.3 is 9.80 Å². The van der Waals surface area contributed by atoms with Crippen molar-refractivity contribution in [1.82, 2.24) is 24.5 Å². The first-order valence-electron chi connectivity index (χ1n) is 7.20. The fraction of sp³-hybridized carbons (Fsp3) is 0.571. The highest BCUT2D eigenvalue weighted by Gasteiger charge is 2.27. The van der Waals surface area contributed by atoms with E-state index < -0.39 is 0 Å². The number of fused-ring (bicyclic) bond motifs is 1. The van der Waals surface area contributed by atoms with Crippen molar-refractivity contribution in [2.75, 3.05) is 32.1 Å². The fourth-order valence-electron chi connectivity index (χ4n) is 2.86. The second kappa shape index (κ2) is 5.31. The Morgan fingerprint density at radius 3 is 2.71 bits per heavy atom. The minimum Gasteiger partial charge on any atom is -0.356 e. The number of carbonyl (C=O) groups is 1. The van der Waals surface area contributed by atoms with Crippen LogP contribution in [0.1, 0.15) is 18.5 Å². The second-order valence-electron chi connectivity index (χ2n) is 5.72. The lowest BCUT2D eigenvalue weighted by atomic mass is 9.95. The molecule has 112 valence electrons. The van der Waals surface area contributed by atoms with Crippen LogP contribution in [0, 0.1) is 12.8 Å². The normalized spacial score (nSPS) is 16.4. The molecule has 7 nitrogen and oxygen atoms in total. The molecule has 0 N–H and O–H groups in total. The van der Waals surface area contributed by atoms with Gasteiger partial charge in [-0.25, -0.2) is 4.98 Å². The van der Waals surface area contributed by atoms with E-state index in [0.717, 1.165) is 37.4 Å². The lowest BCUT2D eigenvalue weighted by Crippen LogP contribution is -2.40.